The van der Waals surface area contributed by atoms with E-state index < -0.39 is 6.10 Å². The number of carbonyl (C=O) groups is 1. The van der Waals surface area contributed by atoms with Crippen LogP contribution in [-0.2, 0) is 11.3 Å². The highest BCUT2D eigenvalue weighted by Crippen LogP contribution is 2.41. The molecule has 0 aliphatic carbocycles. The molecule has 0 aromatic heterocycles. The number of hydrogen-bond donors (Lipinski definition) is 1. The lowest BCUT2D eigenvalue weighted by Gasteiger charge is -2.49. The number of methoxy groups -OCH3 is 2. The van der Waals surface area contributed by atoms with Gasteiger partial charge in [0.05, 0.1) is 20.3 Å². The normalized spacial score (nSPS) is 22.7. The van der Waals surface area contributed by atoms with E-state index in [1.165, 1.54) is 0 Å². The standard InChI is InChI=1S/C20H29ClN2O4/c1-14(24)23-12-17(25)10-20(13-23)4-6-22(7-5-20)11-15-8-16(21)9-18(26-2)19(15)27-3/h8-9,17,25H,4-7,10-13H2,1-3H3. The third-order valence-electron chi connectivity index (χ3n) is 5.90. The summed E-state index contributed by atoms with van der Waals surface area (Å²) in [6, 6.07) is 3.68. The van der Waals surface area contributed by atoms with Gasteiger partial charge in [-0.15, -0.1) is 0 Å². The molecule has 2 aliphatic rings. The molecule has 2 fully saturated rings. The SMILES string of the molecule is COc1cc(Cl)cc(CN2CCC3(CC2)CC(O)CN(C(C)=O)C3)c1OC. The number of amides is 1. The van der Waals surface area contributed by atoms with Gasteiger partial charge in [-0.3, -0.25) is 9.69 Å². The Morgan fingerprint density at radius 2 is 2.00 bits per heavy atom. The summed E-state index contributed by atoms with van der Waals surface area (Å²) in [5.74, 6) is 1.41. The first kappa shape index (κ1) is 20.2. The molecule has 1 aromatic carbocycles. The second-order valence-electron chi connectivity index (χ2n) is 7.83. The van der Waals surface area contributed by atoms with Crippen LogP contribution in [0.5, 0.6) is 11.5 Å². The number of aliphatic hydroxyl groups excluding tert-OH is 1. The largest absolute Gasteiger partial charge is 0.493 e. The molecule has 0 bridgehead atoms. The lowest BCUT2D eigenvalue weighted by Crippen LogP contribution is -2.54. The minimum Gasteiger partial charge on any atom is -0.493 e. The molecule has 7 heteroatoms. The zero-order valence-corrected chi connectivity index (χ0v) is 17.1. The zero-order chi connectivity index (χ0) is 19.6. The summed E-state index contributed by atoms with van der Waals surface area (Å²) < 4.78 is 10.9. The van der Waals surface area contributed by atoms with Crippen LogP contribution in [0.1, 0.15) is 31.7 Å². The molecule has 150 valence electrons. The summed E-state index contributed by atoms with van der Waals surface area (Å²) >= 11 is 6.23. The highest BCUT2D eigenvalue weighted by Gasteiger charge is 2.42. The Bertz CT molecular complexity index is 689. The van der Waals surface area contributed by atoms with Gasteiger partial charge >= 0.3 is 0 Å². The van der Waals surface area contributed by atoms with E-state index in [4.69, 9.17) is 21.1 Å². The summed E-state index contributed by atoms with van der Waals surface area (Å²) in [6.45, 7) is 5.35. The number of halogens is 1. The number of nitrogens with zero attached hydrogens (tertiary/aromatic N) is 2. The van der Waals surface area contributed by atoms with Crippen molar-refractivity contribution >= 4 is 17.5 Å². The summed E-state index contributed by atoms with van der Waals surface area (Å²) in [7, 11) is 3.25. The van der Waals surface area contributed by atoms with Crippen LogP contribution in [0.15, 0.2) is 12.1 Å². The predicted molar refractivity (Wildman–Crippen MR) is 104 cm³/mol. The van der Waals surface area contributed by atoms with Crippen LogP contribution in [-0.4, -0.2) is 67.3 Å². The zero-order valence-electron chi connectivity index (χ0n) is 16.3. The number of likely N-dealkylation sites (tertiary alicyclic amines) is 2. The first-order valence-electron chi connectivity index (χ1n) is 9.42. The molecule has 2 heterocycles. The van der Waals surface area contributed by atoms with E-state index in [9.17, 15) is 9.90 Å². The van der Waals surface area contributed by atoms with E-state index in [2.05, 4.69) is 4.90 Å². The van der Waals surface area contributed by atoms with E-state index in [0.29, 0.717) is 17.3 Å². The fourth-order valence-corrected chi connectivity index (χ4v) is 4.74. The van der Waals surface area contributed by atoms with E-state index in [1.807, 2.05) is 6.07 Å². The Morgan fingerprint density at radius 1 is 1.30 bits per heavy atom. The minimum atomic E-state index is -0.425. The van der Waals surface area contributed by atoms with Crippen molar-refractivity contribution in [1.29, 1.82) is 0 Å². The van der Waals surface area contributed by atoms with Crippen LogP contribution in [0, 0.1) is 5.41 Å². The molecular weight excluding hydrogens is 368 g/mol. The maximum absolute atomic E-state index is 11.8. The Kier molecular flexibility index (Phi) is 6.18. The van der Waals surface area contributed by atoms with Crippen LogP contribution in [0.4, 0.5) is 0 Å². The maximum Gasteiger partial charge on any atom is 0.219 e. The maximum atomic E-state index is 11.8. The van der Waals surface area contributed by atoms with Gasteiger partial charge in [-0.2, -0.15) is 0 Å². The molecule has 1 aromatic rings. The molecule has 6 nitrogen and oxygen atoms in total. The smallest absolute Gasteiger partial charge is 0.219 e. The topological polar surface area (TPSA) is 62.2 Å². The van der Waals surface area contributed by atoms with Crippen molar-refractivity contribution < 1.29 is 19.4 Å². The van der Waals surface area contributed by atoms with Gasteiger partial charge in [-0.05, 0) is 43.8 Å². The Labute approximate surface area is 166 Å². The Hall–Kier alpha value is -1.50. The quantitative estimate of drug-likeness (QED) is 0.847. The van der Waals surface area contributed by atoms with Gasteiger partial charge in [0.25, 0.3) is 0 Å². The summed E-state index contributed by atoms with van der Waals surface area (Å²) in [4.78, 5) is 16.0. The van der Waals surface area contributed by atoms with Gasteiger partial charge in [-0.1, -0.05) is 11.6 Å². The highest BCUT2D eigenvalue weighted by molar-refractivity contribution is 6.30. The molecule has 1 spiro atoms. The second kappa shape index (κ2) is 8.25. The van der Waals surface area contributed by atoms with Crippen molar-refractivity contribution in [3.8, 4) is 11.5 Å². The van der Waals surface area contributed by atoms with Crippen molar-refractivity contribution in [3.63, 3.8) is 0 Å². The van der Waals surface area contributed by atoms with Gasteiger partial charge < -0.3 is 19.5 Å². The third-order valence-corrected chi connectivity index (χ3v) is 6.12. The van der Waals surface area contributed by atoms with Crippen LogP contribution >= 0.6 is 11.6 Å². The number of benzene rings is 1. The van der Waals surface area contributed by atoms with Crippen LogP contribution < -0.4 is 9.47 Å². The second-order valence-corrected chi connectivity index (χ2v) is 8.27. The lowest BCUT2D eigenvalue weighted by atomic mass is 9.71. The molecule has 1 amide bonds. The number of piperidine rings is 2. The number of hydrogen-bond acceptors (Lipinski definition) is 5. The van der Waals surface area contributed by atoms with E-state index >= 15 is 0 Å². The number of β-amino-alcohol motifs (C(OH)–C–C–N with tert-alkyl or cyclic N) is 1. The number of carbonyl (C=O) groups excluding carboxylic acids is 1. The summed E-state index contributed by atoms with van der Waals surface area (Å²) in [5.41, 5.74) is 1.03. The number of ether oxygens (including phenoxy) is 2. The number of aliphatic hydroxyl groups is 1. The van der Waals surface area contributed by atoms with Crippen LogP contribution in [0.25, 0.3) is 0 Å². The molecule has 2 saturated heterocycles. The highest BCUT2D eigenvalue weighted by atomic mass is 35.5. The average Bonchev–Trinajstić information content (AvgIpc) is 2.62. The third kappa shape index (κ3) is 4.50. The number of rotatable bonds is 4. The van der Waals surface area contributed by atoms with Crippen molar-refractivity contribution in [2.75, 3.05) is 40.4 Å². The molecule has 27 heavy (non-hydrogen) atoms. The molecule has 1 atom stereocenters. The molecule has 0 saturated carbocycles. The van der Waals surface area contributed by atoms with Gasteiger partial charge in [-0.25, -0.2) is 0 Å². The van der Waals surface area contributed by atoms with Gasteiger partial charge in [0.15, 0.2) is 11.5 Å². The minimum absolute atomic E-state index is 0.0238. The molecule has 0 radical (unpaired) electrons. The van der Waals surface area contributed by atoms with Crippen LogP contribution in [0.3, 0.4) is 0 Å². The van der Waals surface area contributed by atoms with Crippen LogP contribution in [0.2, 0.25) is 5.02 Å². The first-order valence-corrected chi connectivity index (χ1v) is 9.80. The molecule has 2 aliphatic heterocycles. The van der Waals surface area contributed by atoms with E-state index in [0.717, 1.165) is 56.8 Å². The van der Waals surface area contributed by atoms with Crippen molar-refractivity contribution in [2.24, 2.45) is 5.41 Å². The predicted octanol–water partition coefficient (Wildman–Crippen LogP) is 2.55. The van der Waals surface area contributed by atoms with Crippen molar-refractivity contribution in [1.82, 2.24) is 9.80 Å². The van der Waals surface area contributed by atoms with Crippen molar-refractivity contribution in [2.45, 2.75) is 38.8 Å². The summed E-state index contributed by atoms with van der Waals surface area (Å²) in [5, 5.41) is 10.9. The van der Waals surface area contributed by atoms with Gasteiger partial charge in [0.1, 0.15) is 0 Å². The fraction of sp³-hybridized carbons (Fsp3) is 0.650. The molecule has 1 N–H and O–H groups in total. The van der Waals surface area contributed by atoms with Crippen molar-refractivity contribution in [3.05, 3.63) is 22.7 Å². The van der Waals surface area contributed by atoms with E-state index in [1.54, 1.807) is 32.1 Å². The Morgan fingerprint density at radius 3 is 2.59 bits per heavy atom. The van der Waals surface area contributed by atoms with Gasteiger partial charge in [0.2, 0.25) is 5.91 Å². The lowest BCUT2D eigenvalue weighted by molar-refractivity contribution is -0.138. The molecular formula is C20H29ClN2O4. The molecule has 1 unspecified atom stereocenters. The average molecular weight is 397 g/mol. The first-order chi connectivity index (χ1) is 12.9. The summed E-state index contributed by atoms with van der Waals surface area (Å²) in [6.07, 6.45) is 2.28. The fourth-order valence-electron chi connectivity index (χ4n) is 4.50. The van der Waals surface area contributed by atoms with Gasteiger partial charge in [0, 0.05) is 43.2 Å². The Balaban J connectivity index is 1.68. The monoisotopic (exact) mass is 396 g/mol. The van der Waals surface area contributed by atoms with E-state index in [-0.39, 0.29) is 11.3 Å². The molecule has 3 rings (SSSR count).